The molecule has 1 fully saturated rings. The van der Waals surface area contributed by atoms with Crippen molar-refractivity contribution in [2.75, 3.05) is 26.2 Å². The first-order valence-electron chi connectivity index (χ1n) is 8.90. The number of benzene rings is 1. The first-order valence-corrected chi connectivity index (χ1v) is 10.3. The van der Waals surface area contributed by atoms with Crippen LogP contribution < -0.4 is 0 Å². The Morgan fingerprint density at radius 2 is 1.58 bits per heavy atom. The zero-order valence-electron chi connectivity index (χ0n) is 15.2. The summed E-state index contributed by atoms with van der Waals surface area (Å²) in [5.41, 5.74) is 0.0424. The number of aromatic carboxylic acids is 1. The third-order valence-electron chi connectivity index (χ3n) is 4.95. The number of carboxylic acids is 1. The fourth-order valence-corrected chi connectivity index (χ4v) is 4.47. The second kappa shape index (κ2) is 8.64. The predicted octanol–water partition coefficient (Wildman–Crippen LogP) is 2.04. The summed E-state index contributed by atoms with van der Waals surface area (Å²) < 4.78 is 26.7. The van der Waals surface area contributed by atoms with Gasteiger partial charge in [0.1, 0.15) is 0 Å². The van der Waals surface area contributed by atoms with Gasteiger partial charge in [0.25, 0.3) is 0 Å². The zero-order chi connectivity index (χ0) is 19.3. The molecule has 0 bridgehead atoms. The highest BCUT2D eigenvalue weighted by Gasteiger charge is 2.30. The molecule has 1 amide bonds. The van der Waals surface area contributed by atoms with Crippen molar-refractivity contribution in [3.8, 4) is 0 Å². The summed E-state index contributed by atoms with van der Waals surface area (Å²) in [7, 11) is -3.68. The lowest BCUT2D eigenvalue weighted by molar-refractivity contribution is -0.133. The Hall–Kier alpha value is -1.93. The maximum atomic E-state index is 12.7. The van der Waals surface area contributed by atoms with Gasteiger partial charge in [-0.15, -0.1) is 0 Å². The largest absolute Gasteiger partial charge is 0.478 e. The maximum absolute atomic E-state index is 12.7. The van der Waals surface area contributed by atoms with Gasteiger partial charge in [0, 0.05) is 32.6 Å². The van der Waals surface area contributed by atoms with Crippen LogP contribution in [-0.2, 0) is 14.8 Å². The van der Waals surface area contributed by atoms with Crippen molar-refractivity contribution in [2.45, 2.75) is 38.0 Å². The number of carboxylic acid groups (broad SMARTS) is 1. The average Bonchev–Trinajstić information content (AvgIpc) is 2.66. The van der Waals surface area contributed by atoms with Crippen LogP contribution in [0.5, 0.6) is 0 Å². The number of sulfonamides is 1. The van der Waals surface area contributed by atoms with E-state index in [1.807, 2.05) is 0 Å². The van der Waals surface area contributed by atoms with Gasteiger partial charge in [-0.3, -0.25) is 4.79 Å². The molecule has 8 heteroatoms. The molecule has 2 rings (SSSR count). The van der Waals surface area contributed by atoms with Gasteiger partial charge >= 0.3 is 5.97 Å². The molecule has 1 aliphatic heterocycles. The number of hydrogen-bond acceptors (Lipinski definition) is 4. The third kappa shape index (κ3) is 4.62. The Morgan fingerprint density at radius 1 is 1.04 bits per heavy atom. The highest BCUT2D eigenvalue weighted by atomic mass is 32.2. The molecule has 1 aromatic rings. The summed E-state index contributed by atoms with van der Waals surface area (Å²) in [6, 6.07) is 5.18. The van der Waals surface area contributed by atoms with E-state index in [0.717, 1.165) is 12.8 Å². The molecule has 0 atom stereocenters. The van der Waals surface area contributed by atoms with Gasteiger partial charge in [-0.1, -0.05) is 26.7 Å². The molecule has 0 radical (unpaired) electrons. The van der Waals surface area contributed by atoms with Crippen LogP contribution in [0.2, 0.25) is 0 Å². The molecular weight excluding hydrogens is 356 g/mol. The van der Waals surface area contributed by atoms with Gasteiger partial charge in [-0.2, -0.15) is 4.31 Å². The van der Waals surface area contributed by atoms with E-state index in [1.54, 1.807) is 4.90 Å². The van der Waals surface area contributed by atoms with Crippen LogP contribution in [0.4, 0.5) is 0 Å². The van der Waals surface area contributed by atoms with E-state index >= 15 is 0 Å². The summed E-state index contributed by atoms with van der Waals surface area (Å²) in [4.78, 5) is 25.0. The molecule has 1 heterocycles. The van der Waals surface area contributed by atoms with Gasteiger partial charge in [-0.05, 0) is 30.2 Å². The minimum Gasteiger partial charge on any atom is -0.478 e. The molecular formula is C18H26N2O5S. The van der Waals surface area contributed by atoms with Crippen LogP contribution in [0.25, 0.3) is 0 Å². The van der Waals surface area contributed by atoms with Crippen molar-refractivity contribution in [2.24, 2.45) is 5.92 Å². The summed E-state index contributed by atoms with van der Waals surface area (Å²) in [5.74, 6) is -0.642. The van der Waals surface area contributed by atoms with Crippen molar-refractivity contribution in [1.29, 1.82) is 0 Å². The smallest absolute Gasteiger partial charge is 0.335 e. The lowest BCUT2D eigenvalue weighted by Gasteiger charge is -2.34. The Kier molecular flexibility index (Phi) is 6.77. The van der Waals surface area contributed by atoms with E-state index in [1.165, 1.54) is 28.6 Å². The van der Waals surface area contributed by atoms with Crippen LogP contribution in [0.15, 0.2) is 29.2 Å². The zero-order valence-corrected chi connectivity index (χ0v) is 16.0. The second-order valence-electron chi connectivity index (χ2n) is 6.50. The SMILES string of the molecule is CCC(CC)CC(=O)N1CCN(S(=O)(=O)c2ccc(C(=O)O)cc2)CC1. The van der Waals surface area contributed by atoms with Crippen LogP contribution in [-0.4, -0.2) is 60.8 Å². The van der Waals surface area contributed by atoms with Crippen molar-refractivity contribution >= 4 is 21.9 Å². The number of amides is 1. The highest BCUT2D eigenvalue weighted by Crippen LogP contribution is 2.20. The Labute approximate surface area is 154 Å². The fourth-order valence-electron chi connectivity index (χ4n) is 3.05. The number of carbonyl (C=O) groups excluding carboxylic acids is 1. The van der Waals surface area contributed by atoms with Crippen molar-refractivity contribution < 1.29 is 23.1 Å². The van der Waals surface area contributed by atoms with Gasteiger partial charge < -0.3 is 10.0 Å². The van der Waals surface area contributed by atoms with Gasteiger partial charge in [-0.25, -0.2) is 13.2 Å². The Morgan fingerprint density at radius 3 is 2.04 bits per heavy atom. The molecule has 1 aliphatic rings. The molecule has 1 saturated heterocycles. The van der Waals surface area contributed by atoms with Crippen molar-refractivity contribution in [3.05, 3.63) is 29.8 Å². The maximum Gasteiger partial charge on any atom is 0.335 e. The minimum absolute atomic E-state index is 0.0424. The summed E-state index contributed by atoms with van der Waals surface area (Å²) in [5, 5.41) is 8.91. The molecule has 26 heavy (non-hydrogen) atoms. The molecule has 0 unspecified atom stereocenters. The van der Waals surface area contributed by atoms with E-state index < -0.39 is 16.0 Å². The first-order chi connectivity index (χ1) is 12.3. The van der Waals surface area contributed by atoms with E-state index in [9.17, 15) is 18.0 Å². The highest BCUT2D eigenvalue weighted by molar-refractivity contribution is 7.89. The normalized spacial score (nSPS) is 16.0. The molecule has 1 aromatic carbocycles. The van der Waals surface area contributed by atoms with E-state index in [2.05, 4.69) is 13.8 Å². The van der Waals surface area contributed by atoms with Crippen LogP contribution >= 0.6 is 0 Å². The minimum atomic E-state index is -3.68. The molecule has 0 aliphatic carbocycles. The van der Waals surface area contributed by atoms with E-state index in [0.29, 0.717) is 25.4 Å². The summed E-state index contributed by atoms with van der Waals surface area (Å²) >= 11 is 0. The molecule has 0 aromatic heterocycles. The van der Waals surface area contributed by atoms with E-state index in [4.69, 9.17) is 5.11 Å². The van der Waals surface area contributed by atoms with E-state index in [-0.39, 0.29) is 29.5 Å². The quantitative estimate of drug-likeness (QED) is 0.779. The van der Waals surface area contributed by atoms with Crippen molar-refractivity contribution in [3.63, 3.8) is 0 Å². The van der Waals surface area contributed by atoms with Gasteiger partial charge in [0.15, 0.2) is 0 Å². The molecule has 7 nitrogen and oxygen atoms in total. The standard InChI is InChI=1S/C18H26N2O5S/c1-3-14(4-2)13-17(21)19-9-11-20(12-10-19)26(24,25)16-7-5-15(6-8-16)18(22)23/h5-8,14H,3-4,9-13H2,1-2H3,(H,22,23). The topological polar surface area (TPSA) is 95.0 Å². The molecule has 0 saturated carbocycles. The van der Waals surface area contributed by atoms with Crippen LogP contribution in [0, 0.1) is 5.92 Å². The van der Waals surface area contributed by atoms with Gasteiger partial charge in [0.2, 0.25) is 15.9 Å². The third-order valence-corrected chi connectivity index (χ3v) is 6.86. The fraction of sp³-hybridized carbons (Fsp3) is 0.556. The lowest BCUT2D eigenvalue weighted by Crippen LogP contribution is -2.50. The number of nitrogens with zero attached hydrogens (tertiary/aromatic N) is 2. The number of rotatable bonds is 7. The van der Waals surface area contributed by atoms with Crippen LogP contribution in [0.3, 0.4) is 0 Å². The summed E-state index contributed by atoms with van der Waals surface area (Å²) in [6.07, 6.45) is 2.43. The Balaban J connectivity index is 1.99. The predicted molar refractivity (Wildman–Crippen MR) is 97.4 cm³/mol. The number of carbonyl (C=O) groups is 2. The molecule has 1 N–H and O–H groups in total. The second-order valence-corrected chi connectivity index (χ2v) is 8.44. The Bertz CT molecular complexity index is 733. The van der Waals surface area contributed by atoms with Gasteiger partial charge in [0.05, 0.1) is 10.5 Å². The monoisotopic (exact) mass is 382 g/mol. The summed E-state index contributed by atoms with van der Waals surface area (Å²) in [6.45, 7) is 5.40. The number of hydrogen-bond donors (Lipinski definition) is 1. The number of piperazine rings is 1. The lowest BCUT2D eigenvalue weighted by atomic mass is 9.99. The van der Waals surface area contributed by atoms with Crippen molar-refractivity contribution in [1.82, 2.24) is 9.21 Å². The molecule has 144 valence electrons. The first kappa shape index (κ1) is 20.4. The van der Waals surface area contributed by atoms with Crippen LogP contribution in [0.1, 0.15) is 43.5 Å². The average molecular weight is 382 g/mol. The molecule has 0 spiro atoms.